The molecule has 0 saturated heterocycles. The summed E-state index contributed by atoms with van der Waals surface area (Å²) in [7, 11) is 0. The Labute approximate surface area is 208 Å². The third-order valence-corrected chi connectivity index (χ3v) is 6.49. The lowest BCUT2D eigenvalue weighted by atomic mass is 9.91. The third kappa shape index (κ3) is 4.60. The van der Waals surface area contributed by atoms with E-state index in [1.165, 1.54) is 11.1 Å². The lowest BCUT2D eigenvalue weighted by Crippen LogP contribution is -2.35. The predicted molar refractivity (Wildman–Crippen MR) is 134 cm³/mol. The Kier molecular flexibility index (Phi) is 7.35. The van der Waals surface area contributed by atoms with Crippen molar-refractivity contribution < 1.29 is 10.2 Å². The van der Waals surface area contributed by atoms with Gasteiger partial charge >= 0.3 is 0 Å². The summed E-state index contributed by atoms with van der Waals surface area (Å²) in [5.74, 6) is 0.598. The van der Waals surface area contributed by atoms with Crippen LogP contribution in [0.1, 0.15) is 29.5 Å². The summed E-state index contributed by atoms with van der Waals surface area (Å²) < 4.78 is 1.72. The Hall–Kier alpha value is -2.75. The number of aliphatic hydroxyl groups excluding tert-OH is 2. The number of imidazole rings is 1. The molecule has 4 atom stereocenters. The second-order valence-corrected chi connectivity index (χ2v) is 8.71. The number of aliphatic hydroxyl groups is 2. The number of anilines is 1. The molecule has 5 N–H and O–H groups in total. The average molecular weight is 501 g/mol. The van der Waals surface area contributed by atoms with E-state index in [9.17, 15) is 10.2 Å². The maximum absolute atomic E-state index is 10.5. The standard InChI is InChI=1S/C24H25ClN6O2.ClH/c25-24-29-22(19-23(30-24)31(13-28-19)18-11-17(26)20(32)21(18)33)27-12-16(14-7-3-1-4-8-14)15-9-5-2-6-10-15;/h1-10,13,16-18,20-21,32-33H,11-12,26H2,(H,27,29,30);1H/t17-,18-,20-,21-;/m1./s1. The van der Waals surface area contributed by atoms with E-state index in [1.54, 1.807) is 10.9 Å². The van der Waals surface area contributed by atoms with Crippen LogP contribution in [0.25, 0.3) is 11.2 Å². The van der Waals surface area contributed by atoms with Crippen molar-refractivity contribution in [3.8, 4) is 0 Å². The Morgan fingerprint density at radius 3 is 2.18 bits per heavy atom. The predicted octanol–water partition coefficient (Wildman–Crippen LogP) is 3.14. The van der Waals surface area contributed by atoms with E-state index in [0.29, 0.717) is 29.9 Å². The van der Waals surface area contributed by atoms with Crippen molar-refractivity contribution in [1.29, 1.82) is 0 Å². The molecule has 2 aromatic carbocycles. The molecule has 0 aliphatic heterocycles. The number of halogens is 2. The molecule has 1 saturated carbocycles. The van der Waals surface area contributed by atoms with Crippen molar-refractivity contribution in [2.24, 2.45) is 5.73 Å². The van der Waals surface area contributed by atoms with Gasteiger partial charge in [0.2, 0.25) is 5.28 Å². The van der Waals surface area contributed by atoms with Crippen LogP contribution in [0.4, 0.5) is 5.82 Å². The summed E-state index contributed by atoms with van der Waals surface area (Å²) in [5.41, 5.74) is 9.33. The zero-order chi connectivity index (χ0) is 22.9. The van der Waals surface area contributed by atoms with Gasteiger partial charge in [0.05, 0.1) is 18.5 Å². The maximum atomic E-state index is 10.5. The van der Waals surface area contributed by atoms with E-state index in [-0.39, 0.29) is 23.6 Å². The van der Waals surface area contributed by atoms with Crippen LogP contribution in [-0.4, -0.2) is 54.5 Å². The fourth-order valence-corrected chi connectivity index (χ4v) is 4.73. The SMILES string of the molecule is Cl.N[C@@H]1C[C@@H](n2cnc3c(NCC(c4ccccc4)c4ccccc4)nc(Cl)nc32)[C@@H](O)[C@@H]1O. The number of benzene rings is 2. The van der Waals surface area contributed by atoms with Gasteiger partial charge < -0.3 is 25.8 Å². The van der Waals surface area contributed by atoms with Gasteiger partial charge in [-0.15, -0.1) is 12.4 Å². The molecule has 0 bridgehead atoms. The van der Waals surface area contributed by atoms with E-state index < -0.39 is 24.3 Å². The number of fused-ring (bicyclic) bond motifs is 1. The first-order valence-corrected chi connectivity index (χ1v) is 11.3. The molecule has 2 heterocycles. The van der Waals surface area contributed by atoms with Gasteiger partial charge in [0.25, 0.3) is 0 Å². The molecule has 2 aromatic heterocycles. The average Bonchev–Trinajstić information content (AvgIpc) is 3.36. The normalized spacial score (nSPS) is 22.1. The van der Waals surface area contributed by atoms with Gasteiger partial charge in [-0.1, -0.05) is 60.7 Å². The Morgan fingerprint density at radius 1 is 1.00 bits per heavy atom. The Bertz CT molecular complexity index is 1200. The number of aromatic nitrogens is 4. The minimum atomic E-state index is -1.01. The van der Waals surface area contributed by atoms with Crippen molar-refractivity contribution in [1.82, 2.24) is 19.5 Å². The molecule has 4 aromatic rings. The summed E-state index contributed by atoms with van der Waals surface area (Å²) in [6, 6.07) is 19.6. The summed E-state index contributed by atoms with van der Waals surface area (Å²) >= 11 is 6.26. The van der Waals surface area contributed by atoms with E-state index in [0.717, 1.165) is 0 Å². The minimum Gasteiger partial charge on any atom is -0.389 e. The van der Waals surface area contributed by atoms with Crippen LogP contribution in [0.5, 0.6) is 0 Å². The molecule has 1 fully saturated rings. The Morgan fingerprint density at radius 2 is 1.62 bits per heavy atom. The highest BCUT2D eigenvalue weighted by molar-refractivity contribution is 6.28. The van der Waals surface area contributed by atoms with Crippen molar-refractivity contribution >= 4 is 41.0 Å². The molecule has 5 rings (SSSR count). The lowest BCUT2D eigenvalue weighted by molar-refractivity contribution is 0.0187. The van der Waals surface area contributed by atoms with Gasteiger partial charge in [0.15, 0.2) is 17.0 Å². The molecule has 10 heteroatoms. The van der Waals surface area contributed by atoms with E-state index in [2.05, 4.69) is 44.5 Å². The molecular weight excluding hydrogens is 475 g/mol. The van der Waals surface area contributed by atoms with Gasteiger partial charge in [-0.2, -0.15) is 9.97 Å². The number of rotatable bonds is 6. The van der Waals surface area contributed by atoms with Crippen LogP contribution in [0, 0.1) is 0 Å². The molecule has 1 aliphatic carbocycles. The zero-order valence-electron chi connectivity index (χ0n) is 18.2. The highest BCUT2D eigenvalue weighted by Crippen LogP contribution is 2.34. The quantitative estimate of drug-likeness (QED) is 0.300. The molecule has 0 unspecified atom stereocenters. The highest BCUT2D eigenvalue weighted by Gasteiger charge is 2.41. The largest absolute Gasteiger partial charge is 0.389 e. The molecule has 0 radical (unpaired) electrons. The van der Waals surface area contributed by atoms with Crippen molar-refractivity contribution in [3.05, 3.63) is 83.4 Å². The second kappa shape index (κ2) is 10.2. The van der Waals surface area contributed by atoms with Crippen LogP contribution in [0.15, 0.2) is 67.0 Å². The number of nitrogens with one attached hydrogen (secondary N) is 1. The zero-order valence-corrected chi connectivity index (χ0v) is 19.8. The fourth-order valence-electron chi connectivity index (χ4n) is 4.57. The number of hydrogen-bond acceptors (Lipinski definition) is 7. The number of nitrogens with two attached hydrogens (primary N) is 1. The van der Waals surface area contributed by atoms with Crippen LogP contribution >= 0.6 is 24.0 Å². The molecule has 0 spiro atoms. The molecular formula is C24H26Cl2N6O2. The summed E-state index contributed by atoms with van der Waals surface area (Å²) in [6.45, 7) is 0.568. The third-order valence-electron chi connectivity index (χ3n) is 6.33. The number of hydrogen-bond donors (Lipinski definition) is 4. The van der Waals surface area contributed by atoms with E-state index in [1.807, 2.05) is 36.4 Å². The van der Waals surface area contributed by atoms with Crippen LogP contribution < -0.4 is 11.1 Å². The van der Waals surface area contributed by atoms with Crippen LogP contribution in [-0.2, 0) is 0 Å². The van der Waals surface area contributed by atoms with Gasteiger partial charge in [0.1, 0.15) is 6.10 Å². The smallest absolute Gasteiger partial charge is 0.226 e. The highest BCUT2D eigenvalue weighted by atomic mass is 35.5. The lowest BCUT2D eigenvalue weighted by Gasteiger charge is -2.20. The summed E-state index contributed by atoms with van der Waals surface area (Å²) in [4.78, 5) is 13.2. The number of nitrogens with zero attached hydrogens (tertiary/aromatic N) is 4. The minimum absolute atomic E-state index is 0. The van der Waals surface area contributed by atoms with E-state index >= 15 is 0 Å². The Balaban J connectivity index is 0.00000274. The summed E-state index contributed by atoms with van der Waals surface area (Å²) in [6.07, 6.45) is -0.0175. The maximum Gasteiger partial charge on any atom is 0.226 e. The first kappa shape index (κ1) is 24.4. The molecule has 178 valence electrons. The first-order chi connectivity index (χ1) is 16.0. The van der Waals surface area contributed by atoms with Crippen LogP contribution in [0.3, 0.4) is 0 Å². The van der Waals surface area contributed by atoms with Gasteiger partial charge in [-0.25, -0.2) is 4.98 Å². The van der Waals surface area contributed by atoms with Crippen molar-refractivity contribution in [2.75, 3.05) is 11.9 Å². The van der Waals surface area contributed by atoms with Crippen LogP contribution in [0.2, 0.25) is 5.28 Å². The summed E-state index contributed by atoms with van der Waals surface area (Å²) in [5, 5.41) is 24.0. The molecule has 34 heavy (non-hydrogen) atoms. The monoisotopic (exact) mass is 500 g/mol. The van der Waals surface area contributed by atoms with Crippen molar-refractivity contribution in [2.45, 2.75) is 36.6 Å². The van der Waals surface area contributed by atoms with Gasteiger partial charge in [0, 0.05) is 18.5 Å². The van der Waals surface area contributed by atoms with Crippen molar-refractivity contribution in [3.63, 3.8) is 0 Å². The molecule has 0 amide bonds. The molecule has 1 aliphatic rings. The topological polar surface area (TPSA) is 122 Å². The van der Waals surface area contributed by atoms with Gasteiger partial charge in [-0.05, 0) is 29.1 Å². The second-order valence-electron chi connectivity index (χ2n) is 8.37. The molecule has 8 nitrogen and oxygen atoms in total. The van der Waals surface area contributed by atoms with Gasteiger partial charge in [-0.3, -0.25) is 0 Å². The fraction of sp³-hybridized carbons (Fsp3) is 0.292. The first-order valence-electron chi connectivity index (χ1n) is 10.9. The van der Waals surface area contributed by atoms with E-state index in [4.69, 9.17) is 17.3 Å².